The van der Waals surface area contributed by atoms with Crippen molar-refractivity contribution < 1.29 is 0 Å². The number of imidazole rings is 1. The first-order chi connectivity index (χ1) is 7.61. The average molecular weight is 219 g/mol. The van der Waals surface area contributed by atoms with Gasteiger partial charge in [-0.15, -0.1) is 0 Å². The molecule has 0 radical (unpaired) electrons. The normalized spacial score (nSPS) is 13.0. The summed E-state index contributed by atoms with van der Waals surface area (Å²) in [6, 6.07) is 4.20. The molecule has 5 heteroatoms. The maximum Gasteiger partial charge on any atom is 0.179 e. The Bertz CT molecular complexity index is 488. The topological polar surface area (TPSA) is 56.8 Å². The van der Waals surface area contributed by atoms with Crippen molar-refractivity contribution in [1.82, 2.24) is 20.3 Å². The van der Waals surface area contributed by atoms with Gasteiger partial charge in [0.2, 0.25) is 0 Å². The number of aromatic nitrogens is 3. The molecule has 2 aromatic heterocycles. The lowest BCUT2D eigenvalue weighted by Crippen LogP contribution is -2.13. The number of fused-ring (bicyclic) bond motifs is 1. The van der Waals surface area contributed by atoms with Crippen LogP contribution >= 0.6 is 0 Å². The molecule has 1 unspecified atom stereocenters. The summed E-state index contributed by atoms with van der Waals surface area (Å²) in [6.07, 6.45) is 0. The van der Waals surface area contributed by atoms with E-state index in [4.69, 9.17) is 0 Å². The highest BCUT2D eigenvalue weighted by atomic mass is 15.2. The number of hydrogen-bond acceptors (Lipinski definition) is 4. The molecule has 0 bridgehead atoms. The third kappa shape index (κ3) is 1.86. The molecule has 2 rings (SSSR count). The zero-order chi connectivity index (χ0) is 11.7. The molecule has 16 heavy (non-hydrogen) atoms. The van der Waals surface area contributed by atoms with E-state index in [1.807, 2.05) is 38.2 Å². The summed E-state index contributed by atoms with van der Waals surface area (Å²) in [4.78, 5) is 14.2. The van der Waals surface area contributed by atoms with E-state index in [0.717, 1.165) is 22.8 Å². The second-order valence-corrected chi connectivity index (χ2v) is 4.07. The Kier molecular flexibility index (Phi) is 2.78. The van der Waals surface area contributed by atoms with Crippen LogP contribution in [0, 0.1) is 0 Å². The van der Waals surface area contributed by atoms with Gasteiger partial charge in [-0.3, -0.25) is 0 Å². The Morgan fingerprint density at radius 3 is 2.69 bits per heavy atom. The lowest BCUT2D eigenvalue weighted by Gasteiger charge is -2.09. The second kappa shape index (κ2) is 4.09. The van der Waals surface area contributed by atoms with E-state index in [0.29, 0.717) is 0 Å². The van der Waals surface area contributed by atoms with Crippen LogP contribution in [0.3, 0.4) is 0 Å². The van der Waals surface area contributed by atoms with Crippen LogP contribution in [0.25, 0.3) is 11.2 Å². The number of aromatic amines is 1. The fourth-order valence-corrected chi connectivity index (χ4v) is 1.49. The van der Waals surface area contributed by atoms with Gasteiger partial charge in [0.1, 0.15) is 11.6 Å². The highest BCUT2D eigenvalue weighted by Gasteiger charge is 2.10. The maximum absolute atomic E-state index is 4.47. The van der Waals surface area contributed by atoms with Crippen molar-refractivity contribution >= 4 is 17.0 Å². The molecule has 2 N–H and O–H groups in total. The van der Waals surface area contributed by atoms with E-state index in [9.17, 15) is 0 Å². The predicted molar refractivity (Wildman–Crippen MR) is 65.7 cm³/mol. The van der Waals surface area contributed by atoms with Gasteiger partial charge in [-0.25, -0.2) is 9.97 Å². The van der Waals surface area contributed by atoms with Crippen molar-refractivity contribution in [2.75, 3.05) is 26.0 Å². The highest BCUT2D eigenvalue weighted by Crippen LogP contribution is 2.17. The molecule has 5 nitrogen and oxygen atoms in total. The van der Waals surface area contributed by atoms with Crippen LogP contribution in [0.5, 0.6) is 0 Å². The lowest BCUT2D eigenvalue weighted by molar-refractivity contribution is 0.620. The van der Waals surface area contributed by atoms with Crippen molar-refractivity contribution in [3.05, 3.63) is 18.0 Å². The molecule has 0 aliphatic rings. The van der Waals surface area contributed by atoms with Gasteiger partial charge in [0.15, 0.2) is 5.65 Å². The lowest BCUT2D eigenvalue weighted by atomic mass is 10.3. The highest BCUT2D eigenvalue weighted by molar-refractivity contribution is 5.73. The average Bonchev–Trinajstić information content (AvgIpc) is 2.70. The molecular weight excluding hydrogens is 202 g/mol. The Hall–Kier alpha value is -1.62. The molecule has 0 saturated heterocycles. The Balaban J connectivity index is 2.46. The van der Waals surface area contributed by atoms with E-state index in [-0.39, 0.29) is 6.04 Å². The molecule has 0 saturated carbocycles. The van der Waals surface area contributed by atoms with E-state index in [2.05, 4.69) is 27.2 Å². The molecular formula is C11H17N5. The third-order valence-corrected chi connectivity index (χ3v) is 2.65. The number of rotatable bonds is 3. The first-order valence-electron chi connectivity index (χ1n) is 5.33. The Morgan fingerprint density at radius 1 is 1.31 bits per heavy atom. The quantitative estimate of drug-likeness (QED) is 0.817. The molecule has 2 aromatic rings. The summed E-state index contributed by atoms with van der Waals surface area (Å²) in [5.74, 6) is 1.84. The summed E-state index contributed by atoms with van der Waals surface area (Å²) in [7, 11) is 5.85. The van der Waals surface area contributed by atoms with Crippen molar-refractivity contribution in [3.8, 4) is 0 Å². The minimum atomic E-state index is 0.206. The van der Waals surface area contributed by atoms with Crippen molar-refractivity contribution in [1.29, 1.82) is 0 Å². The van der Waals surface area contributed by atoms with Crippen LogP contribution in [0.1, 0.15) is 18.8 Å². The number of H-pyrrole nitrogens is 1. The minimum absolute atomic E-state index is 0.206. The monoisotopic (exact) mass is 219 g/mol. The van der Waals surface area contributed by atoms with Crippen LogP contribution in [-0.4, -0.2) is 36.1 Å². The fraction of sp³-hybridized carbons (Fsp3) is 0.455. The minimum Gasteiger partial charge on any atom is -0.363 e. The molecule has 0 aliphatic carbocycles. The molecule has 1 atom stereocenters. The zero-order valence-electron chi connectivity index (χ0n) is 10.1. The fourth-order valence-electron chi connectivity index (χ4n) is 1.49. The van der Waals surface area contributed by atoms with Gasteiger partial charge < -0.3 is 15.2 Å². The Labute approximate surface area is 94.9 Å². The van der Waals surface area contributed by atoms with Gasteiger partial charge in [0.05, 0.1) is 11.6 Å². The number of pyridine rings is 1. The maximum atomic E-state index is 4.47. The molecule has 0 aromatic carbocycles. The molecule has 0 amide bonds. The summed E-state index contributed by atoms with van der Waals surface area (Å²) < 4.78 is 0. The van der Waals surface area contributed by atoms with E-state index in [1.165, 1.54) is 0 Å². The van der Waals surface area contributed by atoms with Crippen molar-refractivity contribution in [2.24, 2.45) is 0 Å². The van der Waals surface area contributed by atoms with Crippen LogP contribution in [0.4, 0.5) is 5.82 Å². The zero-order valence-corrected chi connectivity index (χ0v) is 10.1. The standard InChI is InChI=1S/C11H17N5/c1-7(12-2)10-13-8-5-6-9(16(3)4)14-11(8)15-10/h5-7,12H,1-4H3,(H,13,14,15). The van der Waals surface area contributed by atoms with Gasteiger partial charge in [-0.05, 0) is 26.1 Å². The smallest absolute Gasteiger partial charge is 0.179 e. The first-order valence-corrected chi connectivity index (χ1v) is 5.33. The largest absolute Gasteiger partial charge is 0.363 e. The van der Waals surface area contributed by atoms with Gasteiger partial charge in [0, 0.05) is 14.1 Å². The number of hydrogen-bond donors (Lipinski definition) is 2. The van der Waals surface area contributed by atoms with Gasteiger partial charge in [-0.2, -0.15) is 0 Å². The van der Waals surface area contributed by atoms with Crippen LogP contribution in [0.15, 0.2) is 12.1 Å². The molecule has 0 spiro atoms. The second-order valence-electron chi connectivity index (χ2n) is 4.07. The number of nitrogens with one attached hydrogen (secondary N) is 2. The predicted octanol–water partition coefficient (Wildman–Crippen LogP) is 1.30. The van der Waals surface area contributed by atoms with Crippen LogP contribution in [-0.2, 0) is 0 Å². The molecule has 86 valence electrons. The SMILES string of the molecule is CNC(C)c1nc2nc(N(C)C)ccc2[nH]1. The van der Waals surface area contributed by atoms with Crippen LogP contribution < -0.4 is 10.2 Å². The summed E-state index contributed by atoms with van der Waals surface area (Å²) in [5.41, 5.74) is 1.74. The van der Waals surface area contributed by atoms with Crippen molar-refractivity contribution in [2.45, 2.75) is 13.0 Å². The molecule has 2 heterocycles. The number of nitrogens with zero attached hydrogens (tertiary/aromatic N) is 3. The van der Waals surface area contributed by atoms with E-state index >= 15 is 0 Å². The first kappa shape index (κ1) is 10.9. The third-order valence-electron chi connectivity index (χ3n) is 2.65. The van der Waals surface area contributed by atoms with E-state index < -0.39 is 0 Å². The summed E-state index contributed by atoms with van der Waals surface area (Å²) >= 11 is 0. The summed E-state index contributed by atoms with van der Waals surface area (Å²) in [6.45, 7) is 2.06. The van der Waals surface area contributed by atoms with Gasteiger partial charge >= 0.3 is 0 Å². The van der Waals surface area contributed by atoms with E-state index in [1.54, 1.807) is 0 Å². The number of anilines is 1. The van der Waals surface area contributed by atoms with Gasteiger partial charge in [0.25, 0.3) is 0 Å². The Morgan fingerprint density at radius 2 is 2.06 bits per heavy atom. The van der Waals surface area contributed by atoms with Crippen molar-refractivity contribution in [3.63, 3.8) is 0 Å². The molecule has 0 fully saturated rings. The summed E-state index contributed by atoms with van der Waals surface area (Å²) in [5, 5.41) is 3.15. The molecule has 0 aliphatic heterocycles. The van der Waals surface area contributed by atoms with Gasteiger partial charge in [-0.1, -0.05) is 0 Å². The van der Waals surface area contributed by atoms with Crippen LogP contribution in [0.2, 0.25) is 0 Å².